The van der Waals surface area contributed by atoms with Crippen molar-refractivity contribution in [3.8, 4) is 5.75 Å². The van der Waals surface area contributed by atoms with E-state index in [1.807, 2.05) is 7.05 Å². The average Bonchev–Trinajstić information content (AvgIpc) is 2.78. The second kappa shape index (κ2) is 7.28. The van der Waals surface area contributed by atoms with E-state index in [-0.39, 0.29) is 6.15 Å². The SMILES string of the molecule is CCCCc1cc(OC)c2c(c1)nnn2C.O=C=O. The Morgan fingerprint density at radius 2 is 2.05 bits per heavy atom. The maximum atomic E-state index is 8.12. The predicted molar refractivity (Wildman–Crippen MR) is 68.7 cm³/mol. The summed E-state index contributed by atoms with van der Waals surface area (Å²) in [6.45, 7) is 2.19. The van der Waals surface area contributed by atoms with Crippen LogP contribution in [0.15, 0.2) is 12.1 Å². The Morgan fingerprint density at radius 3 is 2.63 bits per heavy atom. The molecule has 6 heteroatoms. The van der Waals surface area contributed by atoms with Gasteiger partial charge in [-0.25, -0.2) is 4.68 Å². The molecular weight excluding hydrogens is 246 g/mol. The number of hydrogen-bond donors (Lipinski definition) is 0. The summed E-state index contributed by atoms with van der Waals surface area (Å²) in [6.07, 6.45) is 3.70. The fourth-order valence-corrected chi connectivity index (χ4v) is 1.89. The minimum Gasteiger partial charge on any atom is -0.494 e. The van der Waals surface area contributed by atoms with Crippen LogP contribution in [0, 0.1) is 0 Å². The molecule has 1 aromatic carbocycles. The third kappa shape index (κ3) is 3.63. The maximum absolute atomic E-state index is 8.12. The van der Waals surface area contributed by atoms with E-state index < -0.39 is 0 Å². The van der Waals surface area contributed by atoms with Gasteiger partial charge in [0.15, 0.2) is 0 Å². The predicted octanol–water partition coefficient (Wildman–Crippen LogP) is 1.74. The van der Waals surface area contributed by atoms with Crippen LogP contribution in [0.3, 0.4) is 0 Å². The highest BCUT2D eigenvalue weighted by Gasteiger charge is 2.09. The van der Waals surface area contributed by atoms with Gasteiger partial charge in [-0.3, -0.25) is 0 Å². The van der Waals surface area contributed by atoms with E-state index in [1.165, 1.54) is 18.4 Å². The molecule has 0 aliphatic carbocycles. The normalized spacial score (nSPS) is 9.63. The minimum atomic E-state index is 0.250. The Balaban J connectivity index is 0.000000550. The molecule has 6 nitrogen and oxygen atoms in total. The van der Waals surface area contributed by atoms with Crippen molar-refractivity contribution in [3.63, 3.8) is 0 Å². The van der Waals surface area contributed by atoms with Gasteiger partial charge in [-0.2, -0.15) is 9.59 Å². The van der Waals surface area contributed by atoms with Gasteiger partial charge in [0.1, 0.15) is 16.8 Å². The Hall–Kier alpha value is -2.20. The number of unbranched alkanes of at least 4 members (excludes halogenated alkanes) is 1. The van der Waals surface area contributed by atoms with Crippen LogP contribution in [0.1, 0.15) is 25.3 Å². The Labute approximate surface area is 111 Å². The van der Waals surface area contributed by atoms with Gasteiger partial charge in [-0.05, 0) is 30.5 Å². The van der Waals surface area contributed by atoms with Gasteiger partial charge in [0.25, 0.3) is 0 Å². The van der Waals surface area contributed by atoms with Crippen molar-refractivity contribution in [2.24, 2.45) is 7.05 Å². The van der Waals surface area contributed by atoms with Crippen molar-refractivity contribution in [2.45, 2.75) is 26.2 Å². The summed E-state index contributed by atoms with van der Waals surface area (Å²) in [5.41, 5.74) is 3.14. The van der Waals surface area contributed by atoms with E-state index >= 15 is 0 Å². The number of rotatable bonds is 4. The molecule has 0 fully saturated rings. The summed E-state index contributed by atoms with van der Waals surface area (Å²) in [7, 11) is 3.56. The van der Waals surface area contributed by atoms with Crippen LogP contribution < -0.4 is 4.74 Å². The van der Waals surface area contributed by atoms with E-state index in [9.17, 15) is 0 Å². The molecule has 0 radical (unpaired) electrons. The van der Waals surface area contributed by atoms with Crippen LogP contribution in [-0.2, 0) is 23.1 Å². The molecule has 0 unspecified atom stereocenters. The summed E-state index contributed by atoms with van der Waals surface area (Å²) in [4.78, 5) is 16.2. The highest BCUT2D eigenvalue weighted by Crippen LogP contribution is 2.26. The summed E-state index contributed by atoms with van der Waals surface area (Å²) in [5, 5.41) is 8.14. The molecule has 2 rings (SSSR count). The molecule has 0 N–H and O–H groups in total. The fraction of sp³-hybridized carbons (Fsp3) is 0.462. The second-order valence-corrected chi connectivity index (χ2v) is 4.07. The minimum absolute atomic E-state index is 0.250. The van der Waals surface area contributed by atoms with Crippen LogP contribution in [0.5, 0.6) is 5.75 Å². The van der Waals surface area contributed by atoms with Crippen LogP contribution in [-0.4, -0.2) is 28.3 Å². The molecule has 102 valence electrons. The van der Waals surface area contributed by atoms with E-state index in [4.69, 9.17) is 14.3 Å². The molecule has 0 bridgehead atoms. The van der Waals surface area contributed by atoms with Crippen LogP contribution >= 0.6 is 0 Å². The van der Waals surface area contributed by atoms with Crippen molar-refractivity contribution in [3.05, 3.63) is 17.7 Å². The number of methoxy groups -OCH3 is 1. The largest absolute Gasteiger partial charge is 0.494 e. The number of carbonyl (C=O) groups excluding carboxylic acids is 2. The van der Waals surface area contributed by atoms with Crippen LogP contribution in [0.2, 0.25) is 0 Å². The first-order chi connectivity index (χ1) is 9.17. The van der Waals surface area contributed by atoms with E-state index in [1.54, 1.807) is 11.8 Å². The van der Waals surface area contributed by atoms with Gasteiger partial charge < -0.3 is 4.74 Å². The smallest absolute Gasteiger partial charge is 0.373 e. The lowest BCUT2D eigenvalue weighted by Crippen LogP contribution is -1.94. The van der Waals surface area contributed by atoms with Gasteiger partial charge in [0.05, 0.1) is 7.11 Å². The van der Waals surface area contributed by atoms with Gasteiger partial charge in [0.2, 0.25) is 0 Å². The van der Waals surface area contributed by atoms with Crippen LogP contribution in [0.4, 0.5) is 0 Å². The topological polar surface area (TPSA) is 74.1 Å². The van der Waals surface area contributed by atoms with Gasteiger partial charge in [0, 0.05) is 7.05 Å². The Morgan fingerprint density at radius 1 is 1.37 bits per heavy atom. The number of ether oxygens (including phenoxy) is 1. The van der Waals surface area contributed by atoms with Gasteiger partial charge in [-0.15, -0.1) is 5.10 Å². The lowest BCUT2D eigenvalue weighted by atomic mass is 10.1. The van der Waals surface area contributed by atoms with Crippen molar-refractivity contribution in [1.29, 1.82) is 0 Å². The summed E-state index contributed by atoms with van der Waals surface area (Å²) >= 11 is 0. The van der Waals surface area contributed by atoms with Crippen molar-refractivity contribution in [2.75, 3.05) is 7.11 Å². The molecule has 0 atom stereocenters. The highest BCUT2D eigenvalue weighted by molar-refractivity contribution is 5.82. The molecule has 0 saturated carbocycles. The number of benzene rings is 1. The molecule has 1 aromatic heterocycles. The Bertz CT molecular complexity index is 572. The van der Waals surface area contributed by atoms with Crippen molar-refractivity contribution in [1.82, 2.24) is 15.0 Å². The zero-order valence-electron chi connectivity index (χ0n) is 11.3. The monoisotopic (exact) mass is 263 g/mol. The van der Waals surface area contributed by atoms with Crippen molar-refractivity contribution >= 4 is 17.2 Å². The molecule has 0 amide bonds. The fourth-order valence-electron chi connectivity index (χ4n) is 1.89. The first-order valence-corrected chi connectivity index (χ1v) is 6.03. The maximum Gasteiger partial charge on any atom is 0.373 e. The lowest BCUT2D eigenvalue weighted by Gasteiger charge is -2.06. The molecule has 19 heavy (non-hydrogen) atoms. The van der Waals surface area contributed by atoms with E-state index in [0.717, 1.165) is 23.2 Å². The molecular formula is C13H17N3O3. The second-order valence-electron chi connectivity index (χ2n) is 4.07. The third-order valence-corrected chi connectivity index (χ3v) is 2.76. The molecule has 0 aliphatic rings. The third-order valence-electron chi connectivity index (χ3n) is 2.76. The average molecular weight is 263 g/mol. The molecule has 2 aromatic rings. The first-order valence-electron chi connectivity index (χ1n) is 6.03. The quantitative estimate of drug-likeness (QED) is 0.839. The molecule has 0 aliphatic heterocycles. The summed E-state index contributed by atoms with van der Waals surface area (Å²) in [6, 6.07) is 4.18. The molecule has 0 spiro atoms. The van der Waals surface area contributed by atoms with Gasteiger partial charge >= 0.3 is 6.15 Å². The summed E-state index contributed by atoms with van der Waals surface area (Å²) < 4.78 is 7.13. The molecule has 0 saturated heterocycles. The Kier molecular flexibility index (Phi) is 5.70. The number of aromatic nitrogens is 3. The summed E-state index contributed by atoms with van der Waals surface area (Å²) in [5.74, 6) is 0.858. The standard InChI is InChI=1S/C12H17N3O.CO2/c1-4-5-6-9-7-10-12(11(8-9)16-3)15(2)14-13-10;2-1-3/h7-8H,4-6H2,1-3H3;. The number of hydrogen-bond acceptors (Lipinski definition) is 5. The number of aryl methyl sites for hydroxylation is 2. The lowest BCUT2D eigenvalue weighted by molar-refractivity contribution is -0.191. The highest BCUT2D eigenvalue weighted by atomic mass is 16.5. The zero-order chi connectivity index (χ0) is 14.3. The molecule has 1 heterocycles. The van der Waals surface area contributed by atoms with Crippen molar-refractivity contribution < 1.29 is 14.3 Å². The number of nitrogens with zero attached hydrogens (tertiary/aromatic N) is 3. The van der Waals surface area contributed by atoms with E-state index in [0.29, 0.717) is 0 Å². The van der Waals surface area contributed by atoms with Gasteiger partial charge in [-0.1, -0.05) is 18.6 Å². The number of fused-ring (bicyclic) bond motifs is 1. The van der Waals surface area contributed by atoms with E-state index in [2.05, 4.69) is 29.4 Å². The first kappa shape index (κ1) is 14.9. The zero-order valence-corrected chi connectivity index (χ0v) is 11.3. The van der Waals surface area contributed by atoms with Crippen LogP contribution in [0.25, 0.3) is 11.0 Å².